The summed E-state index contributed by atoms with van der Waals surface area (Å²) in [6.45, 7) is 5.44. The smallest absolute Gasteiger partial charge is 0.274 e. The molecule has 23 heavy (non-hydrogen) atoms. The maximum Gasteiger partial charge on any atom is 0.274 e. The third-order valence-corrected chi connectivity index (χ3v) is 3.64. The summed E-state index contributed by atoms with van der Waals surface area (Å²) in [5.41, 5.74) is 3.59. The molecule has 2 rings (SSSR count). The Morgan fingerprint density at radius 3 is 2.61 bits per heavy atom. The van der Waals surface area contributed by atoms with Crippen LogP contribution in [0, 0.1) is 30.9 Å². The van der Waals surface area contributed by atoms with Gasteiger partial charge in [-0.05, 0) is 32.9 Å². The minimum Gasteiger partial charge on any atom is -0.322 e. The van der Waals surface area contributed by atoms with Crippen LogP contribution < -0.4 is 5.32 Å². The van der Waals surface area contributed by atoms with Gasteiger partial charge in [0, 0.05) is 41.7 Å². The number of aromatic nitrogens is 2. The van der Waals surface area contributed by atoms with Crippen LogP contribution in [-0.2, 0) is 11.8 Å². The topological polar surface area (TPSA) is 90.1 Å². The molecule has 0 saturated carbocycles. The van der Waals surface area contributed by atoms with E-state index in [1.807, 2.05) is 20.9 Å². The van der Waals surface area contributed by atoms with Crippen LogP contribution in [0.4, 0.5) is 11.4 Å². The number of nitrogens with zero attached hydrogens (tertiary/aromatic N) is 3. The van der Waals surface area contributed by atoms with Crippen LogP contribution in [0.2, 0.25) is 0 Å². The predicted octanol–water partition coefficient (Wildman–Crippen LogP) is 2.91. The van der Waals surface area contributed by atoms with E-state index in [2.05, 4.69) is 10.4 Å². The van der Waals surface area contributed by atoms with Gasteiger partial charge in [0.25, 0.3) is 5.69 Å². The Kier molecular flexibility index (Phi) is 4.59. The van der Waals surface area contributed by atoms with E-state index in [1.54, 1.807) is 29.8 Å². The molecular formula is C16H18N4O3. The lowest BCUT2D eigenvalue weighted by molar-refractivity contribution is -0.385. The molecule has 2 aromatic rings. The Balaban J connectivity index is 2.15. The summed E-state index contributed by atoms with van der Waals surface area (Å²) in [7, 11) is 1.84. The van der Waals surface area contributed by atoms with Gasteiger partial charge in [0.05, 0.1) is 10.6 Å². The fourth-order valence-corrected chi connectivity index (χ4v) is 2.26. The second kappa shape index (κ2) is 6.43. The number of carbonyl (C=O) groups is 1. The number of anilines is 1. The minimum absolute atomic E-state index is 0.0225. The molecule has 0 radical (unpaired) electrons. The predicted molar refractivity (Wildman–Crippen MR) is 88.2 cm³/mol. The number of amides is 1. The molecule has 0 aliphatic heterocycles. The second-order valence-electron chi connectivity index (χ2n) is 5.29. The van der Waals surface area contributed by atoms with Crippen molar-refractivity contribution in [3.05, 3.63) is 56.9 Å². The highest BCUT2D eigenvalue weighted by Gasteiger charge is 2.12. The molecule has 0 atom stereocenters. The molecule has 0 fully saturated rings. The van der Waals surface area contributed by atoms with Crippen molar-refractivity contribution in [1.82, 2.24) is 9.78 Å². The molecule has 1 aromatic heterocycles. The molecule has 120 valence electrons. The minimum atomic E-state index is -0.469. The molecule has 7 nitrogen and oxygen atoms in total. The summed E-state index contributed by atoms with van der Waals surface area (Å²) in [6, 6.07) is 4.59. The Hall–Kier alpha value is -2.96. The average molecular weight is 314 g/mol. The van der Waals surface area contributed by atoms with Gasteiger partial charge in [0.15, 0.2) is 0 Å². The largest absolute Gasteiger partial charge is 0.322 e. The van der Waals surface area contributed by atoms with Crippen molar-refractivity contribution in [2.45, 2.75) is 20.8 Å². The lowest BCUT2D eigenvalue weighted by atomic mass is 10.1. The van der Waals surface area contributed by atoms with Crippen molar-refractivity contribution >= 4 is 23.4 Å². The van der Waals surface area contributed by atoms with Crippen LogP contribution >= 0.6 is 0 Å². The molecular weight excluding hydrogens is 296 g/mol. The van der Waals surface area contributed by atoms with Gasteiger partial charge in [-0.2, -0.15) is 5.10 Å². The van der Waals surface area contributed by atoms with E-state index in [1.165, 1.54) is 12.1 Å². The molecule has 1 aromatic carbocycles. The monoisotopic (exact) mass is 314 g/mol. The summed E-state index contributed by atoms with van der Waals surface area (Å²) in [5.74, 6) is -0.356. The van der Waals surface area contributed by atoms with Crippen LogP contribution in [0.1, 0.15) is 22.5 Å². The van der Waals surface area contributed by atoms with E-state index >= 15 is 0 Å². The first kappa shape index (κ1) is 16.4. The number of hydrogen-bond acceptors (Lipinski definition) is 4. The van der Waals surface area contributed by atoms with Crippen molar-refractivity contribution in [2.75, 3.05) is 5.32 Å². The van der Waals surface area contributed by atoms with E-state index in [4.69, 9.17) is 0 Å². The Morgan fingerprint density at radius 1 is 1.35 bits per heavy atom. The Morgan fingerprint density at radius 2 is 2.04 bits per heavy atom. The molecule has 0 spiro atoms. The van der Waals surface area contributed by atoms with E-state index in [-0.39, 0.29) is 11.6 Å². The summed E-state index contributed by atoms with van der Waals surface area (Å²) in [5, 5.41) is 17.8. The van der Waals surface area contributed by atoms with Crippen molar-refractivity contribution in [1.29, 1.82) is 0 Å². The first-order valence-electron chi connectivity index (χ1n) is 7.04. The molecule has 1 N–H and O–H groups in total. The number of hydrogen-bond donors (Lipinski definition) is 1. The van der Waals surface area contributed by atoms with Gasteiger partial charge >= 0.3 is 0 Å². The van der Waals surface area contributed by atoms with Crippen molar-refractivity contribution in [3.63, 3.8) is 0 Å². The number of nitro benzene ring substituents is 1. The van der Waals surface area contributed by atoms with Gasteiger partial charge in [0.1, 0.15) is 0 Å². The van der Waals surface area contributed by atoms with Crippen molar-refractivity contribution < 1.29 is 9.72 Å². The average Bonchev–Trinajstić information content (AvgIpc) is 2.72. The molecule has 1 heterocycles. The first-order chi connectivity index (χ1) is 10.8. The Bertz CT molecular complexity index is 806. The lowest BCUT2D eigenvalue weighted by Crippen LogP contribution is -2.08. The van der Waals surface area contributed by atoms with Crippen LogP contribution in [0.15, 0.2) is 24.3 Å². The number of rotatable bonds is 4. The Labute approximate surface area is 133 Å². The maximum atomic E-state index is 12.0. The number of nitrogens with one attached hydrogen (secondary N) is 1. The lowest BCUT2D eigenvalue weighted by Gasteiger charge is -2.03. The third kappa shape index (κ3) is 3.63. The van der Waals surface area contributed by atoms with Crippen LogP contribution in [-0.4, -0.2) is 20.6 Å². The number of nitro groups is 1. The zero-order valence-corrected chi connectivity index (χ0v) is 13.5. The quantitative estimate of drug-likeness (QED) is 0.534. The maximum absolute atomic E-state index is 12.0. The van der Waals surface area contributed by atoms with E-state index in [0.717, 1.165) is 17.0 Å². The number of carbonyl (C=O) groups excluding carboxylic acids is 1. The van der Waals surface area contributed by atoms with Gasteiger partial charge in [0.2, 0.25) is 5.91 Å². The molecule has 0 saturated heterocycles. The van der Waals surface area contributed by atoms with Crippen LogP contribution in [0.5, 0.6) is 0 Å². The summed E-state index contributed by atoms with van der Waals surface area (Å²) >= 11 is 0. The fraction of sp³-hybridized carbons (Fsp3) is 0.250. The summed E-state index contributed by atoms with van der Waals surface area (Å²) < 4.78 is 1.75. The van der Waals surface area contributed by atoms with E-state index in [0.29, 0.717) is 11.3 Å². The normalized spacial score (nSPS) is 11.0. The highest BCUT2D eigenvalue weighted by molar-refractivity contribution is 6.02. The summed E-state index contributed by atoms with van der Waals surface area (Å²) in [4.78, 5) is 22.4. The highest BCUT2D eigenvalue weighted by Crippen LogP contribution is 2.22. The standard InChI is InChI=1S/C16H18N4O3/c1-10-5-6-13(9-15(10)20(22)23)17-16(21)8-7-14-11(2)18-19(4)12(14)3/h5-9H,1-4H3,(H,17,21)/b8-7+. The van der Waals surface area contributed by atoms with E-state index in [9.17, 15) is 14.9 Å². The van der Waals surface area contributed by atoms with Crippen molar-refractivity contribution in [3.8, 4) is 0 Å². The zero-order chi connectivity index (χ0) is 17.1. The SMILES string of the molecule is Cc1ccc(NC(=O)/C=C/c2c(C)nn(C)c2C)cc1[N+](=O)[O-]. The van der Waals surface area contributed by atoms with Crippen molar-refractivity contribution in [2.24, 2.45) is 7.05 Å². The molecule has 1 amide bonds. The second-order valence-corrected chi connectivity index (χ2v) is 5.29. The first-order valence-corrected chi connectivity index (χ1v) is 7.04. The van der Waals surface area contributed by atoms with Crippen LogP contribution in [0.3, 0.4) is 0 Å². The highest BCUT2D eigenvalue weighted by atomic mass is 16.6. The zero-order valence-electron chi connectivity index (χ0n) is 13.5. The molecule has 0 unspecified atom stereocenters. The number of aryl methyl sites for hydroxylation is 3. The van der Waals surface area contributed by atoms with E-state index < -0.39 is 4.92 Å². The third-order valence-electron chi connectivity index (χ3n) is 3.64. The molecule has 0 aliphatic rings. The van der Waals surface area contributed by atoms with Gasteiger partial charge in [-0.15, -0.1) is 0 Å². The fourth-order valence-electron chi connectivity index (χ4n) is 2.26. The van der Waals surface area contributed by atoms with Gasteiger partial charge in [-0.1, -0.05) is 6.07 Å². The van der Waals surface area contributed by atoms with Gasteiger partial charge in [-0.25, -0.2) is 0 Å². The van der Waals surface area contributed by atoms with Gasteiger partial charge < -0.3 is 5.32 Å². The molecule has 0 bridgehead atoms. The number of benzene rings is 1. The summed E-state index contributed by atoms with van der Waals surface area (Å²) in [6.07, 6.45) is 3.08. The molecule has 7 heteroatoms. The molecule has 0 aliphatic carbocycles. The van der Waals surface area contributed by atoms with Crippen LogP contribution in [0.25, 0.3) is 6.08 Å². The van der Waals surface area contributed by atoms with Gasteiger partial charge in [-0.3, -0.25) is 19.6 Å².